The summed E-state index contributed by atoms with van der Waals surface area (Å²) in [7, 11) is 0. The maximum Gasteiger partial charge on any atom is 0.0946 e. The largest absolute Gasteiger partial charge is 0.617 e. The number of rotatable bonds is 2. The van der Waals surface area contributed by atoms with Gasteiger partial charge in [-0.1, -0.05) is 11.2 Å². The van der Waals surface area contributed by atoms with E-state index >= 15 is 0 Å². The summed E-state index contributed by atoms with van der Waals surface area (Å²) in [5.41, 5.74) is 0. The van der Waals surface area contributed by atoms with E-state index in [1.165, 1.54) is 0 Å². The first-order valence-corrected chi connectivity index (χ1v) is 6.22. The minimum Gasteiger partial charge on any atom is -0.617 e. The van der Waals surface area contributed by atoms with Crippen molar-refractivity contribution in [2.45, 2.75) is 39.8 Å². The van der Waals surface area contributed by atoms with E-state index in [0.29, 0.717) is 12.1 Å². The minimum absolute atomic E-state index is 0.312. The molecule has 0 spiro atoms. The second kappa shape index (κ2) is 9.78. The van der Waals surface area contributed by atoms with E-state index < -0.39 is 11.2 Å². The van der Waals surface area contributed by atoms with Gasteiger partial charge in [0.2, 0.25) is 0 Å². The monoisotopic (exact) mass is 204 g/mol. The van der Waals surface area contributed by atoms with Gasteiger partial charge in [0, 0.05) is 0 Å². The average molecular weight is 204 g/mol. The Bertz CT molecular complexity index is 146. The Morgan fingerprint density at radius 2 is 1.23 bits per heavy atom. The zero-order valence-corrected chi connectivity index (χ0v) is 10.2. The maximum atomic E-state index is 9.56. The van der Waals surface area contributed by atoms with Gasteiger partial charge >= 0.3 is 0 Å². The second-order valence-corrected chi connectivity index (χ2v) is 4.77. The van der Waals surface area contributed by atoms with Crippen LogP contribution in [0.4, 0.5) is 0 Å². The Morgan fingerprint density at radius 3 is 1.38 bits per heavy atom. The van der Waals surface area contributed by atoms with E-state index in [9.17, 15) is 4.55 Å². The van der Waals surface area contributed by atoms with Crippen LogP contribution >= 0.6 is 0 Å². The van der Waals surface area contributed by atoms with Gasteiger partial charge in [0.05, 0.1) is 30.6 Å². The van der Waals surface area contributed by atoms with Crippen molar-refractivity contribution in [1.29, 1.82) is 0 Å². The smallest absolute Gasteiger partial charge is 0.0946 e. The first-order valence-electron chi connectivity index (χ1n) is 4.26. The minimum atomic E-state index is -0.611. The van der Waals surface area contributed by atoms with Crippen molar-refractivity contribution in [3.05, 3.63) is 0 Å². The van der Waals surface area contributed by atoms with Gasteiger partial charge in [-0.05, 0) is 27.7 Å². The predicted octanol–water partition coefficient (Wildman–Crippen LogP) is 1.97. The van der Waals surface area contributed by atoms with Crippen LogP contribution in [0.15, 0.2) is 9.98 Å². The van der Waals surface area contributed by atoms with E-state index in [-0.39, 0.29) is 0 Å². The van der Waals surface area contributed by atoms with Crippen LogP contribution in [0.1, 0.15) is 27.7 Å². The third-order valence-electron chi connectivity index (χ3n) is 0.632. The quantitative estimate of drug-likeness (QED) is 0.501. The van der Waals surface area contributed by atoms with Gasteiger partial charge < -0.3 is 4.55 Å². The molecule has 0 aromatic heterocycles. The van der Waals surface area contributed by atoms with E-state index in [0.717, 1.165) is 0 Å². The molecule has 0 atom stereocenters. The first-order chi connectivity index (χ1) is 5.86. The van der Waals surface area contributed by atoms with Crippen LogP contribution in [0.3, 0.4) is 0 Å². The lowest BCUT2D eigenvalue weighted by atomic mass is 10.4. The molecule has 0 fully saturated rings. The van der Waals surface area contributed by atoms with Crippen LogP contribution in [0, 0.1) is 0 Å². The van der Waals surface area contributed by atoms with Gasteiger partial charge in [-0.15, -0.1) is 0 Å². The molecule has 0 radical (unpaired) electrons. The molecule has 78 valence electrons. The summed E-state index contributed by atoms with van der Waals surface area (Å²) in [4.78, 5) is 7.90. The molecule has 0 rings (SSSR count). The fraction of sp³-hybridized carbons (Fsp3) is 0.889. The lowest BCUT2D eigenvalue weighted by molar-refractivity contribution is 0.606. The van der Waals surface area contributed by atoms with Crippen LogP contribution in [0.25, 0.3) is 0 Å². The number of aliphatic imine (C=N–C) groups is 2. The van der Waals surface area contributed by atoms with E-state index in [4.69, 9.17) is 0 Å². The molecule has 0 aliphatic heterocycles. The molecule has 0 aromatic rings. The number of hydrogen-bond donors (Lipinski definition) is 0. The topological polar surface area (TPSA) is 47.8 Å². The Kier molecular flexibility index (Phi) is 11.4. The van der Waals surface area contributed by atoms with Crippen LogP contribution in [-0.2, 0) is 11.2 Å². The van der Waals surface area contributed by atoms with Gasteiger partial charge in [-0.25, -0.2) is 9.98 Å². The molecular formula is C9H20N2OS. The lowest BCUT2D eigenvalue weighted by Gasteiger charge is -1.89. The predicted molar refractivity (Wildman–Crippen MR) is 60.1 cm³/mol. The highest BCUT2D eigenvalue weighted by Crippen LogP contribution is 1.84. The van der Waals surface area contributed by atoms with Gasteiger partial charge in [0.25, 0.3) is 0 Å². The molecule has 0 saturated carbocycles. The standard InChI is InChI=1S/C7H14N2.C2H6OS/c1-6(2)8-5-9-7(3)4;1-4(2)3/h6-7H,1-4H3;1-2H3. The lowest BCUT2D eigenvalue weighted by Crippen LogP contribution is -1.88. The van der Waals surface area contributed by atoms with Crippen molar-refractivity contribution < 1.29 is 4.55 Å². The average Bonchev–Trinajstić information content (AvgIpc) is 1.83. The summed E-state index contributed by atoms with van der Waals surface area (Å²) in [5, 5.41) is 0. The van der Waals surface area contributed by atoms with Crippen molar-refractivity contribution in [1.82, 2.24) is 0 Å². The first kappa shape index (κ1) is 15.2. The summed E-state index contributed by atoms with van der Waals surface area (Å²) in [6.45, 7) is 8.01. The molecule has 0 unspecified atom stereocenters. The zero-order chi connectivity index (χ0) is 10.9. The summed E-state index contributed by atoms with van der Waals surface area (Å²) < 4.78 is 9.56. The number of hydrogen-bond acceptors (Lipinski definition) is 3. The van der Waals surface area contributed by atoms with E-state index in [1.807, 2.05) is 27.7 Å². The molecule has 0 aromatic carbocycles. The van der Waals surface area contributed by atoms with Crippen molar-refractivity contribution in [2.24, 2.45) is 9.98 Å². The van der Waals surface area contributed by atoms with E-state index in [1.54, 1.807) is 12.5 Å². The van der Waals surface area contributed by atoms with Gasteiger partial charge in [-0.3, -0.25) is 0 Å². The van der Waals surface area contributed by atoms with Crippen LogP contribution in [0.5, 0.6) is 0 Å². The molecule has 4 heteroatoms. The van der Waals surface area contributed by atoms with E-state index in [2.05, 4.69) is 16.0 Å². The van der Waals surface area contributed by atoms with Crippen molar-refractivity contribution in [2.75, 3.05) is 12.5 Å². The third kappa shape index (κ3) is 33.9. The second-order valence-electron chi connectivity index (χ2n) is 3.29. The SMILES string of the molecule is CC(C)N=C=NC(C)C.C[S+](C)[O-]. The van der Waals surface area contributed by atoms with Crippen LogP contribution in [-0.4, -0.2) is 35.2 Å². The summed E-state index contributed by atoms with van der Waals surface area (Å²) >= 11 is -0.611. The molecule has 3 nitrogen and oxygen atoms in total. The molecule has 13 heavy (non-hydrogen) atoms. The number of nitrogens with zero attached hydrogens (tertiary/aromatic N) is 2. The van der Waals surface area contributed by atoms with Crippen LogP contribution < -0.4 is 0 Å². The molecule has 0 saturated heterocycles. The maximum absolute atomic E-state index is 9.56. The van der Waals surface area contributed by atoms with Gasteiger partial charge in [0.1, 0.15) is 0 Å². The molecular weight excluding hydrogens is 184 g/mol. The fourth-order valence-electron chi connectivity index (χ4n) is 0.264. The molecule has 0 amide bonds. The van der Waals surface area contributed by atoms with Gasteiger partial charge in [-0.2, -0.15) is 0 Å². The highest BCUT2D eigenvalue weighted by molar-refractivity contribution is 7.89. The normalized spacial score (nSPS) is 9.38. The summed E-state index contributed by atoms with van der Waals surface area (Å²) in [6, 6.07) is 3.26. The molecule has 0 bridgehead atoms. The van der Waals surface area contributed by atoms with Gasteiger partial charge in [0.15, 0.2) is 0 Å². The zero-order valence-electron chi connectivity index (χ0n) is 9.37. The van der Waals surface area contributed by atoms with Crippen molar-refractivity contribution >= 4 is 17.2 Å². The third-order valence-corrected chi connectivity index (χ3v) is 0.632. The molecule has 0 aliphatic carbocycles. The molecule has 0 heterocycles. The Balaban J connectivity index is 0. The summed E-state index contributed by atoms with van der Waals surface area (Å²) in [5.74, 6) is 0. The van der Waals surface area contributed by atoms with Crippen LogP contribution in [0.2, 0.25) is 0 Å². The fourth-order valence-corrected chi connectivity index (χ4v) is 0.264. The Hall–Kier alpha value is -0.310. The molecule has 0 aliphatic rings. The Morgan fingerprint density at radius 1 is 1.00 bits per heavy atom. The van der Waals surface area contributed by atoms with Crippen molar-refractivity contribution in [3.8, 4) is 0 Å². The summed E-state index contributed by atoms with van der Waals surface area (Å²) in [6.07, 6.45) is 3.28. The highest BCUT2D eigenvalue weighted by Gasteiger charge is 1.82. The van der Waals surface area contributed by atoms with Crippen molar-refractivity contribution in [3.63, 3.8) is 0 Å². The molecule has 0 N–H and O–H groups in total. The Labute approximate surface area is 84.5 Å². The highest BCUT2D eigenvalue weighted by atomic mass is 32.2.